The van der Waals surface area contributed by atoms with Crippen molar-refractivity contribution in [3.8, 4) is 0 Å². The van der Waals surface area contributed by atoms with Crippen LogP contribution in [0.5, 0.6) is 0 Å². The molecule has 2 nitrogen and oxygen atoms in total. The monoisotopic (exact) mass is 259 g/mol. The summed E-state index contributed by atoms with van der Waals surface area (Å²) in [6.45, 7) is 7.11. The smallest absolute Gasteiger partial charge is 0.0586 e. The van der Waals surface area contributed by atoms with E-state index in [1.807, 2.05) is 0 Å². The normalized spacial score (nSPS) is 23.6. The van der Waals surface area contributed by atoms with Crippen LogP contribution >= 0.6 is 12.6 Å². The first-order valence-corrected chi connectivity index (χ1v) is 7.80. The van der Waals surface area contributed by atoms with Gasteiger partial charge < -0.3 is 5.11 Å². The lowest BCUT2D eigenvalue weighted by molar-refractivity contribution is 0.0787. The zero-order chi connectivity index (χ0) is 12.7. The van der Waals surface area contributed by atoms with Gasteiger partial charge in [-0.1, -0.05) is 26.7 Å². The first kappa shape index (κ1) is 15.3. The number of hydrogen-bond donors (Lipinski definition) is 2. The van der Waals surface area contributed by atoms with E-state index >= 15 is 0 Å². The quantitative estimate of drug-likeness (QED) is 0.717. The van der Waals surface area contributed by atoms with Crippen molar-refractivity contribution in [2.45, 2.75) is 58.4 Å². The van der Waals surface area contributed by atoms with Crippen LogP contribution in [0.25, 0.3) is 0 Å². The molecule has 1 atom stereocenters. The standard InChI is InChI=1S/C14H29NOS/c1-3-14(4-2,12-17)11-15-9-7-5-6-8-13(15)10-16/h13,16-17H,3-12H2,1-2H3. The number of thiol groups is 1. The molecule has 0 aromatic carbocycles. The fourth-order valence-electron chi connectivity index (χ4n) is 2.83. The fourth-order valence-corrected chi connectivity index (χ4v) is 3.38. The van der Waals surface area contributed by atoms with Gasteiger partial charge in [-0.2, -0.15) is 12.6 Å². The first-order chi connectivity index (χ1) is 8.21. The molecule has 1 saturated heterocycles. The van der Waals surface area contributed by atoms with Crippen LogP contribution in [0.1, 0.15) is 52.4 Å². The van der Waals surface area contributed by atoms with E-state index in [1.165, 1.54) is 32.1 Å². The lowest BCUT2D eigenvalue weighted by atomic mass is 9.83. The summed E-state index contributed by atoms with van der Waals surface area (Å²) in [5, 5.41) is 9.54. The van der Waals surface area contributed by atoms with E-state index in [2.05, 4.69) is 31.4 Å². The van der Waals surface area contributed by atoms with Crippen molar-refractivity contribution < 1.29 is 5.11 Å². The van der Waals surface area contributed by atoms with Crippen LogP contribution in [0.3, 0.4) is 0 Å². The maximum absolute atomic E-state index is 9.54. The van der Waals surface area contributed by atoms with Crippen LogP contribution in [0.15, 0.2) is 0 Å². The summed E-state index contributed by atoms with van der Waals surface area (Å²) in [5.41, 5.74) is 0.334. The topological polar surface area (TPSA) is 23.5 Å². The largest absolute Gasteiger partial charge is 0.395 e. The summed E-state index contributed by atoms with van der Waals surface area (Å²) in [7, 11) is 0. The fraction of sp³-hybridized carbons (Fsp3) is 1.00. The molecule has 1 N–H and O–H groups in total. The molecule has 1 aliphatic heterocycles. The predicted octanol–water partition coefficient (Wildman–Crippen LogP) is 2.96. The van der Waals surface area contributed by atoms with Crippen LogP contribution in [0, 0.1) is 5.41 Å². The van der Waals surface area contributed by atoms with Crippen molar-refractivity contribution in [3.05, 3.63) is 0 Å². The predicted molar refractivity (Wildman–Crippen MR) is 77.8 cm³/mol. The summed E-state index contributed by atoms with van der Waals surface area (Å²) < 4.78 is 0. The molecule has 17 heavy (non-hydrogen) atoms. The van der Waals surface area contributed by atoms with Crippen molar-refractivity contribution in [1.82, 2.24) is 4.90 Å². The molecule has 1 fully saturated rings. The average Bonchev–Trinajstić information content (AvgIpc) is 2.61. The minimum Gasteiger partial charge on any atom is -0.395 e. The summed E-state index contributed by atoms with van der Waals surface area (Å²) >= 11 is 4.56. The van der Waals surface area contributed by atoms with Gasteiger partial charge in [-0.3, -0.25) is 4.90 Å². The van der Waals surface area contributed by atoms with Gasteiger partial charge in [0.15, 0.2) is 0 Å². The maximum atomic E-state index is 9.54. The number of aliphatic hydroxyl groups excluding tert-OH is 1. The lowest BCUT2D eigenvalue weighted by Crippen LogP contribution is -2.45. The third-order valence-corrected chi connectivity index (χ3v) is 5.25. The summed E-state index contributed by atoms with van der Waals surface area (Å²) in [6.07, 6.45) is 7.40. The molecule has 0 saturated carbocycles. The Morgan fingerprint density at radius 2 is 1.94 bits per heavy atom. The molecular weight excluding hydrogens is 230 g/mol. The molecule has 0 aromatic heterocycles. The Morgan fingerprint density at radius 1 is 1.24 bits per heavy atom. The Morgan fingerprint density at radius 3 is 2.47 bits per heavy atom. The third-order valence-electron chi connectivity index (χ3n) is 4.58. The van der Waals surface area contributed by atoms with E-state index in [9.17, 15) is 5.11 Å². The van der Waals surface area contributed by atoms with Gasteiger partial charge in [0.1, 0.15) is 0 Å². The van der Waals surface area contributed by atoms with Gasteiger partial charge in [0.2, 0.25) is 0 Å². The van der Waals surface area contributed by atoms with E-state index in [0.29, 0.717) is 18.1 Å². The van der Waals surface area contributed by atoms with E-state index in [-0.39, 0.29) is 0 Å². The highest BCUT2D eigenvalue weighted by Crippen LogP contribution is 2.31. The molecule has 102 valence electrons. The minimum atomic E-state index is 0.316. The van der Waals surface area contributed by atoms with Crippen molar-refractivity contribution in [3.63, 3.8) is 0 Å². The van der Waals surface area contributed by atoms with Gasteiger partial charge >= 0.3 is 0 Å². The van der Waals surface area contributed by atoms with Gasteiger partial charge in [0.05, 0.1) is 6.61 Å². The zero-order valence-electron chi connectivity index (χ0n) is 11.5. The second-order valence-corrected chi connectivity index (χ2v) is 5.84. The highest BCUT2D eigenvalue weighted by Gasteiger charge is 2.30. The first-order valence-electron chi connectivity index (χ1n) is 7.17. The molecule has 0 radical (unpaired) electrons. The van der Waals surface area contributed by atoms with Gasteiger partial charge in [-0.05, 0) is 43.4 Å². The van der Waals surface area contributed by atoms with E-state index in [1.54, 1.807) is 0 Å². The molecule has 1 aliphatic rings. The van der Waals surface area contributed by atoms with Crippen molar-refractivity contribution in [2.24, 2.45) is 5.41 Å². The highest BCUT2D eigenvalue weighted by molar-refractivity contribution is 7.80. The number of hydrogen-bond acceptors (Lipinski definition) is 3. The Bertz CT molecular complexity index is 198. The number of rotatable bonds is 6. The summed E-state index contributed by atoms with van der Waals surface area (Å²) in [4.78, 5) is 2.52. The number of aliphatic hydroxyl groups is 1. The lowest BCUT2D eigenvalue weighted by Gasteiger charge is -2.39. The van der Waals surface area contributed by atoms with Gasteiger partial charge in [-0.25, -0.2) is 0 Å². The molecular formula is C14H29NOS. The molecule has 0 aliphatic carbocycles. The molecule has 0 aromatic rings. The van der Waals surface area contributed by atoms with Crippen LogP contribution in [0.4, 0.5) is 0 Å². The van der Waals surface area contributed by atoms with Gasteiger partial charge in [0.25, 0.3) is 0 Å². The van der Waals surface area contributed by atoms with E-state index < -0.39 is 0 Å². The van der Waals surface area contributed by atoms with Crippen LogP contribution in [0.2, 0.25) is 0 Å². The average molecular weight is 259 g/mol. The molecule has 3 heteroatoms. The second kappa shape index (κ2) is 7.65. The molecule has 1 heterocycles. The molecule has 0 bridgehead atoms. The Kier molecular flexibility index (Phi) is 6.90. The van der Waals surface area contributed by atoms with Crippen molar-refractivity contribution >= 4 is 12.6 Å². The van der Waals surface area contributed by atoms with Crippen molar-refractivity contribution in [2.75, 3.05) is 25.4 Å². The van der Waals surface area contributed by atoms with Crippen LogP contribution in [-0.4, -0.2) is 41.5 Å². The Labute approximate surface area is 112 Å². The molecule has 0 amide bonds. The number of nitrogens with zero attached hydrogens (tertiary/aromatic N) is 1. The molecule has 1 rings (SSSR count). The summed E-state index contributed by atoms with van der Waals surface area (Å²) in [5.74, 6) is 0.953. The SMILES string of the molecule is CCC(CC)(CS)CN1CCCCCC1CO. The van der Waals surface area contributed by atoms with Gasteiger partial charge in [0, 0.05) is 12.6 Å². The number of likely N-dealkylation sites (tertiary alicyclic amines) is 1. The van der Waals surface area contributed by atoms with Crippen LogP contribution < -0.4 is 0 Å². The second-order valence-electron chi connectivity index (χ2n) is 5.52. The Balaban J connectivity index is 2.67. The van der Waals surface area contributed by atoms with E-state index in [4.69, 9.17) is 0 Å². The Hall–Kier alpha value is 0.270. The van der Waals surface area contributed by atoms with Crippen LogP contribution in [-0.2, 0) is 0 Å². The van der Waals surface area contributed by atoms with Gasteiger partial charge in [-0.15, -0.1) is 0 Å². The summed E-state index contributed by atoms with van der Waals surface area (Å²) in [6, 6.07) is 0.384. The van der Waals surface area contributed by atoms with Crippen molar-refractivity contribution in [1.29, 1.82) is 0 Å². The minimum absolute atomic E-state index is 0.316. The van der Waals surface area contributed by atoms with E-state index in [0.717, 1.165) is 25.3 Å². The molecule has 1 unspecified atom stereocenters. The maximum Gasteiger partial charge on any atom is 0.0586 e. The highest BCUT2D eigenvalue weighted by atomic mass is 32.1. The zero-order valence-corrected chi connectivity index (χ0v) is 12.4. The third kappa shape index (κ3) is 4.15. The molecule has 0 spiro atoms.